The van der Waals surface area contributed by atoms with Gasteiger partial charge in [0.05, 0.1) is 29.9 Å². The Morgan fingerprint density at radius 2 is 1.65 bits per heavy atom. The van der Waals surface area contributed by atoms with Gasteiger partial charge in [0.25, 0.3) is 17.5 Å². The summed E-state index contributed by atoms with van der Waals surface area (Å²) < 4.78 is 10.7. The number of nitrogens with one attached hydrogen (secondary N) is 1. The van der Waals surface area contributed by atoms with Gasteiger partial charge in [0.1, 0.15) is 17.2 Å². The van der Waals surface area contributed by atoms with Crippen LogP contribution in [0.2, 0.25) is 0 Å². The number of nitrogens with zero attached hydrogens (tertiary/aromatic N) is 2. The molecule has 34 heavy (non-hydrogen) atoms. The molecule has 0 radical (unpaired) electrons. The summed E-state index contributed by atoms with van der Waals surface area (Å²) in [5.74, 6) is 0.0871. The Balaban J connectivity index is 1.78. The third-order valence-corrected chi connectivity index (χ3v) is 5.20. The molecule has 0 spiro atoms. The molecule has 1 heterocycles. The number of carbonyl (C=O) groups is 2. The van der Waals surface area contributed by atoms with E-state index in [0.717, 1.165) is 4.90 Å². The first-order valence-electron chi connectivity index (χ1n) is 10.4. The number of non-ortho nitro benzene ring substituents is 1. The summed E-state index contributed by atoms with van der Waals surface area (Å²) in [6.45, 7) is 2.34. The third-order valence-electron chi connectivity index (χ3n) is 5.20. The number of anilines is 2. The zero-order valence-corrected chi connectivity index (χ0v) is 18.5. The van der Waals surface area contributed by atoms with E-state index in [-0.39, 0.29) is 17.0 Å². The van der Waals surface area contributed by atoms with Gasteiger partial charge in [-0.3, -0.25) is 19.7 Å². The minimum atomic E-state index is -0.551. The Labute approximate surface area is 195 Å². The minimum absolute atomic E-state index is 0.0586. The molecule has 1 aliphatic heterocycles. The zero-order chi connectivity index (χ0) is 24.2. The minimum Gasteiger partial charge on any atom is -0.497 e. The van der Waals surface area contributed by atoms with Crippen LogP contribution in [-0.2, 0) is 9.59 Å². The summed E-state index contributed by atoms with van der Waals surface area (Å²) in [6.07, 6.45) is 0. The molecule has 1 aliphatic rings. The molecule has 3 aromatic carbocycles. The van der Waals surface area contributed by atoms with Gasteiger partial charge in [-0.25, -0.2) is 4.90 Å². The Hall–Kier alpha value is -4.66. The number of ether oxygens (including phenoxy) is 2. The molecule has 1 N–H and O–H groups in total. The smallest absolute Gasteiger partial charge is 0.282 e. The van der Waals surface area contributed by atoms with E-state index >= 15 is 0 Å². The van der Waals surface area contributed by atoms with Crippen LogP contribution in [0, 0.1) is 10.1 Å². The highest BCUT2D eigenvalue weighted by Gasteiger charge is 2.40. The number of hydrogen-bond donors (Lipinski definition) is 1. The van der Waals surface area contributed by atoms with Gasteiger partial charge in [0.2, 0.25) is 0 Å². The average molecular weight is 459 g/mol. The number of nitro benzene ring substituents is 1. The van der Waals surface area contributed by atoms with Gasteiger partial charge in [-0.15, -0.1) is 0 Å². The molecule has 0 aromatic heterocycles. The second-order valence-electron chi connectivity index (χ2n) is 7.28. The Kier molecular flexibility index (Phi) is 6.26. The van der Waals surface area contributed by atoms with Crippen molar-refractivity contribution in [3.8, 4) is 11.5 Å². The quantitative estimate of drug-likeness (QED) is 0.302. The van der Waals surface area contributed by atoms with Crippen molar-refractivity contribution in [1.29, 1.82) is 0 Å². The lowest BCUT2D eigenvalue weighted by molar-refractivity contribution is -0.384. The lowest BCUT2D eigenvalue weighted by Crippen LogP contribution is -2.32. The van der Waals surface area contributed by atoms with Gasteiger partial charge in [0.15, 0.2) is 0 Å². The highest BCUT2D eigenvalue weighted by molar-refractivity contribution is 6.46. The second-order valence-corrected chi connectivity index (χ2v) is 7.28. The highest BCUT2D eigenvalue weighted by Crippen LogP contribution is 2.35. The van der Waals surface area contributed by atoms with Crippen LogP contribution in [0.1, 0.15) is 12.5 Å². The topological polar surface area (TPSA) is 111 Å². The van der Waals surface area contributed by atoms with E-state index in [9.17, 15) is 19.7 Å². The van der Waals surface area contributed by atoms with Crippen LogP contribution in [0.15, 0.2) is 78.5 Å². The molecule has 0 saturated heterocycles. The van der Waals surface area contributed by atoms with Crippen molar-refractivity contribution in [3.05, 3.63) is 94.2 Å². The fraction of sp³-hybridized carbons (Fsp3) is 0.120. The SMILES string of the molecule is CCOc1cccc(NC2=C(c3ccc([N+](=O)[O-])cc3)C(=O)N(c3ccc(OC)cc3)C2=O)c1. The predicted molar refractivity (Wildman–Crippen MR) is 127 cm³/mol. The molecule has 0 unspecified atom stereocenters. The van der Waals surface area contributed by atoms with Crippen molar-refractivity contribution in [2.45, 2.75) is 6.92 Å². The lowest BCUT2D eigenvalue weighted by atomic mass is 10.0. The third kappa shape index (κ3) is 4.31. The van der Waals surface area contributed by atoms with Crippen molar-refractivity contribution in [3.63, 3.8) is 0 Å². The summed E-state index contributed by atoms with van der Waals surface area (Å²) in [7, 11) is 1.52. The number of nitro groups is 1. The first-order chi connectivity index (χ1) is 16.4. The number of methoxy groups -OCH3 is 1. The highest BCUT2D eigenvalue weighted by atomic mass is 16.6. The average Bonchev–Trinajstić information content (AvgIpc) is 3.08. The largest absolute Gasteiger partial charge is 0.497 e. The van der Waals surface area contributed by atoms with E-state index in [1.54, 1.807) is 48.5 Å². The van der Waals surface area contributed by atoms with Crippen molar-refractivity contribution >= 4 is 34.4 Å². The van der Waals surface area contributed by atoms with E-state index in [2.05, 4.69) is 5.32 Å². The van der Waals surface area contributed by atoms with Gasteiger partial charge < -0.3 is 14.8 Å². The summed E-state index contributed by atoms with van der Waals surface area (Å²) in [5, 5.41) is 14.1. The molecule has 0 aliphatic carbocycles. The van der Waals surface area contributed by atoms with Crippen molar-refractivity contribution in [1.82, 2.24) is 0 Å². The molecule has 3 aromatic rings. The fourth-order valence-corrected chi connectivity index (χ4v) is 3.60. The number of amides is 2. The number of carbonyl (C=O) groups excluding carboxylic acids is 2. The van der Waals surface area contributed by atoms with Crippen molar-refractivity contribution < 1.29 is 24.0 Å². The summed E-state index contributed by atoms with van der Waals surface area (Å²) in [4.78, 5) is 38.5. The Bertz CT molecular complexity index is 1280. The van der Waals surface area contributed by atoms with Crippen LogP contribution in [-0.4, -0.2) is 30.5 Å². The summed E-state index contributed by atoms with van der Waals surface area (Å²) in [6, 6.07) is 19.0. The van der Waals surface area contributed by atoms with E-state index in [1.807, 2.05) is 6.92 Å². The maximum Gasteiger partial charge on any atom is 0.282 e. The van der Waals surface area contributed by atoms with Crippen LogP contribution < -0.4 is 19.7 Å². The molecule has 4 rings (SSSR count). The van der Waals surface area contributed by atoms with Gasteiger partial charge in [0, 0.05) is 23.9 Å². The molecule has 0 fully saturated rings. The maximum atomic E-state index is 13.5. The maximum absolute atomic E-state index is 13.5. The Morgan fingerprint density at radius 1 is 0.941 bits per heavy atom. The lowest BCUT2D eigenvalue weighted by Gasteiger charge is -2.16. The van der Waals surface area contributed by atoms with Crippen molar-refractivity contribution in [2.24, 2.45) is 0 Å². The Morgan fingerprint density at radius 3 is 2.26 bits per heavy atom. The molecule has 0 saturated carbocycles. The number of benzene rings is 3. The van der Waals surface area contributed by atoms with Crippen molar-refractivity contribution in [2.75, 3.05) is 23.9 Å². The van der Waals surface area contributed by atoms with Crippen LogP contribution in [0.5, 0.6) is 11.5 Å². The van der Waals surface area contributed by atoms with E-state index < -0.39 is 16.7 Å². The first-order valence-corrected chi connectivity index (χ1v) is 10.4. The summed E-state index contributed by atoms with van der Waals surface area (Å²) >= 11 is 0. The molecular formula is C25H21N3O6. The summed E-state index contributed by atoms with van der Waals surface area (Å²) in [5.41, 5.74) is 1.35. The normalized spacial score (nSPS) is 13.3. The molecule has 9 heteroatoms. The molecule has 0 atom stereocenters. The number of hydrogen-bond acceptors (Lipinski definition) is 7. The number of imide groups is 1. The van der Waals surface area contributed by atoms with Gasteiger partial charge in [-0.2, -0.15) is 0 Å². The molecular weight excluding hydrogens is 438 g/mol. The van der Waals surface area contributed by atoms with Crippen LogP contribution in [0.25, 0.3) is 5.57 Å². The first kappa shape index (κ1) is 22.5. The van der Waals surface area contributed by atoms with E-state index in [1.165, 1.54) is 31.4 Å². The second kappa shape index (κ2) is 9.45. The van der Waals surface area contributed by atoms with Gasteiger partial charge >= 0.3 is 0 Å². The van der Waals surface area contributed by atoms with Crippen LogP contribution in [0.3, 0.4) is 0 Å². The van der Waals surface area contributed by atoms with Gasteiger partial charge in [-0.05, 0) is 61.0 Å². The zero-order valence-electron chi connectivity index (χ0n) is 18.5. The monoisotopic (exact) mass is 459 g/mol. The molecule has 9 nitrogen and oxygen atoms in total. The van der Waals surface area contributed by atoms with E-state index in [4.69, 9.17) is 9.47 Å². The molecule has 0 bridgehead atoms. The predicted octanol–water partition coefficient (Wildman–Crippen LogP) is 4.40. The standard InChI is InChI=1S/C25H21N3O6/c1-3-34-21-6-4-5-17(15-21)26-23-22(16-7-9-19(10-8-16)28(31)32)24(29)27(25(23)30)18-11-13-20(33-2)14-12-18/h4-15,26H,3H2,1-2H3. The molecule has 2 amide bonds. The van der Waals surface area contributed by atoms with E-state index in [0.29, 0.717) is 35.0 Å². The molecule has 172 valence electrons. The van der Waals surface area contributed by atoms with Crippen LogP contribution in [0.4, 0.5) is 17.1 Å². The number of rotatable bonds is 8. The van der Waals surface area contributed by atoms with Gasteiger partial charge in [-0.1, -0.05) is 6.07 Å². The van der Waals surface area contributed by atoms with Crippen LogP contribution >= 0.6 is 0 Å². The fourth-order valence-electron chi connectivity index (χ4n) is 3.60.